The fraction of sp³-hybridized carbons (Fsp3) is 0.176. The largest absolute Gasteiger partial charge is 0.481 e. The second-order valence-electron chi connectivity index (χ2n) is 5.09. The zero-order chi connectivity index (χ0) is 17.5. The highest BCUT2D eigenvalue weighted by Crippen LogP contribution is 2.17. The molecule has 0 saturated heterocycles. The quantitative estimate of drug-likeness (QED) is 0.586. The van der Waals surface area contributed by atoms with Gasteiger partial charge in [-0.1, -0.05) is 24.3 Å². The zero-order valence-electron chi connectivity index (χ0n) is 13.4. The van der Waals surface area contributed by atoms with E-state index in [9.17, 15) is 9.18 Å². The van der Waals surface area contributed by atoms with Crippen LogP contribution in [0.5, 0.6) is 5.75 Å². The predicted molar refractivity (Wildman–Crippen MR) is 95.3 cm³/mol. The SMILES string of the molecule is Cc1cccc(NC(=S)NNC(=O)COc2ccccc2F)c1C. The minimum Gasteiger partial charge on any atom is -0.481 e. The number of thiocarbonyl (C=S) groups is 1. The summed E-state index contributed by atoms with van der Waals surface area (Å²) in [5.74, 6) is -0.988. The number of anilines is 1. The molecule has 0 spiro atoms. The lowest BCUT2D eigenvalue weighted by Crippen LogP contribution is -2.45. The molecule has 0 atom stereocenters. The van der Waals surface area contributed by atoms with Crippen molar-refractivity contribution in [3.05, 3.63) is 59.4 Å². The van der Waals surface area contributed by atoms with E-state index in [2.05, 4.69) is 16.2 Å². The maximum Gasteiger partial charge on any atom is 0.276 e. The predicted octanol–water partition coefficient (Wildman–Crippen LogP) is 2.84. The molecule has 24 heavy (non-hydrogen) atoms. The van der Waals surface area contributed by atoms with Crippen molar-refractivity contribution in [1.82, 2.24) is 10.9 Å². The fourth-order valence-corrected chi connectivity index (χ4v) is 2.07. The number of halogens is 1. The fourth-order valence-electron chi connectivity index (χ4n) is 1.91. The molecule has 7 heteroatoms. The average Bonchev–Trinajstić information content (AvgIpc) is 2.56. The summed E-state index contributed by atoms with van der Waals surface area (Å²) in [5.41, 5.74) is 8.01. The van der Waals surface area contributed by atoms with Crippen LogP contribution in [-0.2, 0) is 4.79 Å². The minimum atomic E-state index is -0.523. The highest BCUT2D eigenvalue weighted by Gasteiger charge is 2.07. The molecule has 2 rings (SSSR count). The topological polar surface area (TPSA) is 62.4 Å². The van der Waals surface area contributed by atoms with Crippen molar-refractivity contribution in [1.29, 1.82) is 0 Å². The number of hydrazine groups is 1. The summed E-state index contributed by atoms with van der Waals surface area (Å²) in [6.45, 7) is 3.64. The monoisotopic (exact) mass is 347 g/mol. The number of carbonyl (C=O) groups excluding carboxylic acids is 1. The molecule has 5 nitrogen and oxygen atoms in total. The Kier molecular flexibility index (Phi) is 6.08. The van der Waals surface area contributed by atoms with Gasteiger partial charge in [-0.25, -0.2) is 4.39 Å². The summed E-state index contributed by atoms with van der Waals surface area (Å²) in [7, 11) is 0. The second-order valence-corrected chi connectivity index (χ2v) is 5.50. The lowest BCUT2D eigenvalue weighted by atomic mass is 10.1. The summed E-state index contributed by atoms with van der Waals surface area (Å²) >= 11 is 5.12. The number of benzene rings is 2. The Morgan fingerprint density at radius 3 is 2.62 bits per heavy atom. The van der Waals surface area contributed by atoms with Crippen LogP contribution in [0.25, 0.3) is 0 Å². The maximum atomic E-state index is 13.4. The molecule has 2 aromatic rings. The van der Waals surface area contributed by atoms with E-state index in [1.807, 2.05) is 32.0 Å². The molecule has 0 aliphatic heterocycles. The van der Waals surface area contributed by atoms with Gasteiger partial charge in [-0.3, -0.25) is 15.6 Å². The summed E-state index contributed by atoms with van der Waals surface area (Å²) in [5, 5.41) is 3.23. The minimum absolute atomic E-state index is 0.0173. The van der Waals surface area contributed by atoms with E-state index < -0.39 is 11.7 Å². The molecule has 0 bridgehead atoms. The summed E-state index contributed by atoms with van der Waals surface area (Å²) < 4.78 is 18.5. The van der Waals surface area contributed by atoms with Crippen LogP contribution in [0.4, 0.5) is 10.1 Å². The Labute approximate surface area is 145 Å². The highest BCUT2D eigenvalue weighted by molar-refractivity contribution is 7.80. The number of carbonyl (C=O) groups is 1. The van der Waals surface area contributed by atoms with Gasteiger partial charge < -0.3 is 10.1 Å². The van der Waals surface area contributed by atoms with Gasteiger partial charge in [0.2, 0.25) is 0 Å². The number of ether oxygens (including phenoxy) is 1. The third-order valence-corrected chi connectivity index (χ3v) is 3.57. The van der Waals surface area contributed by atoms with Crippen molar-refractivity contribution in [3.8, 4) is 5.75 Å². The standard InChI is InChI=1S/C17H18FN3O2S/c1-11-6-5-8-14(12(11)2)19-17(24)21-20-16(22)10-23-15-9-4-3-7-13(15)18/h3-9H,10H2,1-2H3,(H,20,22)(H2,19,21,24). The molecule has 0 saturated carbocycles. The van der Waals surface area contributed by atoms with Crippen molar-refractivity contribution < 1.29 is 13.9 Å². The normalized spacial score (nSPS) is 9.96. The summed E-state index contributed by atoms with van der Waals surface area (Å²) in [4.78, 5) is 11.7. The summed E-state index contributed by atoms with van der Waals surface area (Å²) in [6.07, 6.45) is 0. The van der Waals surface area contributed by atoms with Crippen LogP contribution >= 0.6 is 12.2 Å². The molecular formula is C17H18FN3O2S. The first-order chi connectivity index (χ1) is 11.5. The van der Waals surface area contributed by atoms with Crippen LogP contribution in [0, 0.1) is 19.7 Å². The number of para-hydroxylation sites is 1. The molecule has 0 heterocycles. The maximum absolute atomic E-state index is 13.4. The Morgan fingerprint density at radius 1 is 1.12 bits per heavy atom. The Morgan fingerprint density at radius 2 is 1.88 bits per heavy atom. The molecule has 1 amide bonds. The van der Waals surface area contributed by atoms with Crippen molar-refractivity contribution in [2.24, 2.45) is 0 Å². The third kappa shape index (κ3) is 4.92. The van der Waals surface area contributed by atoms with E-state index in [-0.39, 0.29) is 17.5 Å². The Balaban J connectivity index is 1.78. The average molecular weight is 347 g/mol. The second kappa shape index (κ2) is 8.26. The van der Waals surface area contributed by atoms with Gasteiger partial charge in [-0.2, -0.15) is 0 Å². The highest BCUT2D eigenvalue weighted by atomic mass is 32.1. The number of amides is 1. The molecule has 0 aliphatic carbocycles. The van der Waals surface area contributed by atoms with Crippen molar-refractivity contribution in [2.75, 3.05) is 11.9 Å². The van der Waals surface area contributed by atoms with Gasteiger partial charge in [0, 0.05) is 5.69 Å². The molecule has 0 radical (unpaired) electrons. The molecule has 3 N–H and O–H groups in total. The molecule has 2 aromatic carbocycles. The first kappa shape index (κ1) is 17.7. The molecule has 0 fully saturated rings. The van der Waals surface area contributed by atoms with Crippen molar-refractivity contribution in [2.45, 2.75) is 13.8 Å². The van der Waals surface area contributed by atoms with Gasteiger partial charge in [0.25, 0.3) is 5.91 Å². The van der Waals surface area contributed by atoms with E-state index in [0.29, 0.717) is 0 Å². The molecular weight excluding hydrogens is 329 g/mol. The first-order valence-corrected chi connectivity index (χ1v) is 7.67. The lowest BCUT2D eigenvalue weighted by molar-refractivity contribution is -0.123. The van der Waals surface area contributed by atoms with Crippen LogP contribution in [0.1, 0.15) is 11.1 Å². The van der Waals surface area contributed by atoms with Gasteiger partial charge in [0.05, 0.1) is 0 Å². The van der Waals surface area contributed by atoms with Gasteiger partial charge in [0.15, 0.2) is 23.3 Å². The van der Waals surface area contributed by atoms with Gasteiger partial charge in [-0.15, -0.1) is 0 Å². The van der Waals surface area contributed by atoms with E-state index in [1.165, 1.54) is 12.1 Å². The number of rotatable bonds is 4. The Hall–Kier alpha value is -2.67. The molecule has 0 aromatic heterocycles. The number of hydrogen-bond donors (Lipinski definition) is 3. The van der Waals surface area contributed by atoms with Crippen molar-refractivity contribution >= 4 is 28.9 Å². The van der Waals surface area contributed by atoms with Gasteiger partial charge >= 0.3 is 0 Å². The van der Waals surface area contributed by atoms with Crippen LogP contribution in [-0.4, -0.2) is 17.6 Å². The van der Waals surface area contributed by atoms with E-state index in [0.717, 1.165) is 16.8 Å². The smallest absolute Gasteiger partial charge is 0.276 e. The van der Waals surface area contributed by atoms with E-state index >= 15 is 0 Å². The molecule has 0 unspecified atom stereocenters. The van der Waals surface area contributed by atoms with Gasteiger partial charge in [-0.05, 0) is 55.4 Å². The number of aryl methyl sites for hydroxylation is 1. The Bertz CT molecular complexity index is 752. The van der Waals surface area contributed by atoms with Crippen LogP contribution in [0.3, 0.4) is 0 Å². The number of hydrogen-bond acceptors (Lipinski definition) is 3. The van der Waals surface area contributed by atoms with Crippen LogP contribution < -0.4 is 20.9 Å². The van der Waals surface area contributed by atoms with E-state index in [1.54, 1.807) is 12.1 Å². The lowest BCUT2D eigenvalue weighted by Gasteiger charge is -2.14. The van der Waals surface area contributed by atoms with Crippen LogP contribution in [0.2, 0.25) is 0 Å². The van der Waals surface area contributed by atoms with Gasteiger partial charge in [0.1, 0.15) is 0 Å². The van der Waals surface area contributed by atoms with E-state index in [4.69, 9.17) is 17.0 Å². The summed E-state index contributed by atoms with van der Waals surface area (Å²) in [6, 6.07) is 11.7. The first-order valence-electron chi connectivity index (χ1n) is 7.26. The molecule has 126 valence electrons. The molecule has 0 aliphatic rings. The van der Waals surface area contributed by atoms with Crippen molar-refractivity contribution in [3.63, 3.8) is 0 Å². The third-order valence-electron chi connectivity index (χ3n) is 3.36. The van der Waals surface area contributed by atoms with Crippen LogP contribution in [0.15, 0.2) is 42.5 Å². The number of nitrogens with one attached hydrogen (secondary N) is 3. The zero-order valence-corrected chi connectivity index (χ0v) is 14.2.